The van der Waals surface area contributed by atoms with Crippen molar-refractivity contribution < 1.29 is 4.79 Å². The first kappa shape index (κ1) is 15.4. The second-order valence-corrected chi connectivity index (χ2v) is 6.03. The minimum atomic E-state index is -0.141. The molecule has 23 heavy (non-hydrogen) atoms. The average Bonchev–Trinajstić information content (AvgIpc) is 3.01. The molecule has 0 unspecified atom stereocenters. The molecule has 122 valence electrons. The predicted octanol–water partition coefficient (Wildman–Crippen LogP) is 0.989. The van der Waals surface area contributed by atoms with Crippen LogP contribution in [0.15, 0.2) is 12.4 Å². The van der Waals surface area contributed by atoms with Crippen LogP contribution in [-0.2, 0) is 0 Å². The van der Waals surface area contributed by atoms with Gasteiger partial charge in [0.05, 0.1) is 12.4 Å². The number of rotatable bonds is 3. The molecule has 0 saturated carbocycles. The third-order valence-corrected chi connectivity index (χ3v) is 3.97. The van der Waals surface area contributed by atoms with Crippen molar-refractivity contribution in [3.05, 3.63) is 29.7 Å². The minimum Gasteiger partial charge on any atom is -0.355 e. The third kappa shape index (κ3) is 3.30. The molecule has 1 aliphatic heterocycles. The first-order valence-electron chi connectivity index (χ1n) is 7.72. The van der Waals surface area contributed by atoms with E-state index in [0.717, 1.165) is 43.4 Å². The Morgan fingerprint density at radius 1 is 1.35 bits per heavy atom. The Hall–Kier alpha value is -2.51. The van der Waals surface area contributed by atoms with Crippen LogP contribution >= 0.6 is 0 Å². The fourth-order valence-corrected chi connectivity index (χ4v) is 2.78. The summed E-state index contributed by atoms with van der Waals surface area (Å²) in [4.78, 5) is 28.8. The summed E-state index contributed by atoms with van der Waals surface area (Å²) < 4.78 is 0. The van der Waals surface area contributed by atoms with Crippen LogP contribution in [-0.4, -0.2) is 63.1 Å². The Bertz CT molecular complexity index is 697. The molecule has 3 heterocycles. The van der Waals surface area contributed by atoms with Crippen molar-refractivity contribution in [1.29, 1.82) is 0 Å². The highest BCUT2D eigenvalue weighted by Crippen LogP contribution is 2.27. The lowest BCUT2D eigenvalue weighted by molar-refractivity contribution is 0.0821. The summed E-state index contributed by atoms with van der Waals surface area (Å²) in [5, 5.41) is 7.18. The first-order valence-corrected chi connectivity index (χ1v) is 7.72. The van der Waals surface area contributed by atoms with E-state index in [1.165, 1.54) is 11.1 Å². The van der Waals surface area contributed by atoms with Crippen molar-refractivity contribution >= 4 is 11.7 Å². The monoisotopic (exact) mass is 315 g/mol. The van der Waals surface area contributed by atoms with Gasteiger partial charge in [0.1, 0.15) is 17.3 Å². The molecule has 3 rings (SSSR count). The maximum atomic E-state index is 12.0. The normalized spacial score (nSPS) is 18.0. The van der Waals surface area contributed by atoms with Crippen molar-refractivity contribution in [1.82, 2.24) is 30.0 Å². The van der Waals surface area contributed by atoms with Crippen LogP contribution in [0.1, 0.15) is 40.9 Å². The van der Waals surface area contributed by atoms with E-state index in [2.05, 4.69) is 30.0 Å². The summed E-state index contributed by atoms with van der Waals surface area (Å²) in [7, 11) is 3.42. The summed E-state index contributed by atoms with van der Waals surface area (Å²) in [6, 6.07) is 0. The number of nitrogens with zero attached hydrogens (tertiary/aromatic N) is 6. The molecule has 1 aliphatic rings. The van der Waals surface area contributed by atoms with Gasteiger partial charge in [0.25, 0.3) is 5.91 Å². The van der Waals surface area contributed by atoms with Crippen molar-refractivity contribution in [2.75, 3.05) is 32.1 Å². The van der Waals surface area contributed by atoms with Gasteiger partial charge >= 0.3 is 0 Å². The molecular formula is C15H21N7O. The Labute approximate surface area is 135 Å². The number of hydrogen-bond donors (Lipinski definition) is 1. The van der Waals surface area contributed by atoms with Gasteiger partial charge in [0.2, 0.25) is 0 Å². The Morgan fingerprint density at radius 2 is 2.17 bits per heavy atom. The summed E-state index contributed by atoms with van der Waals surface area (Å²) in [5.74, 6) is 2.53. The highest BCUT2D eigenvalue weighted by Gasteiger charge is 2.25. The molecule has 0 aliphatic carbocycles. The highest BCUT2D eigenvalue weighted by atomic mass is 16.2. The SMILES string of the molecule is Cc1nc([C@H]2CCCN(c3cncc(C(=O)N(C)C)n3)C2)n[nH]1. The zero-order valence-corrected chi connectivity index (χ0v) is 13.7. The third-order valence-electron chi connectivity index (χ3n) is 3.97. The quantitative estimate of drug-likeness (QED) is 0.908. The lowest BCUT2D eigenvalue weighted by atomic mass is 9.97. The van der Waals surface area contributed by atoms with E-state index in [-0.39, 0.29) is 11.8 Å². The molecule has 1 amide bonds. The second-order valence-electron chi connectivity index (χ2n) is 6.03. The fraction of sp³-hybridized carbons (Fsp3) is 0.533. The maximum absolute atomic E-state index is 12.0. The molecule has 2 aromatic rings. The van der Waals surface area contributed by atoms with Gasteiger partial charge in [-0.2, -0.15) is 5.10 Å². The number of nitrogens with one attached hydrogen (secondary N) is 1. The van der Waals surface area contributed by atoms with Crippen molar-refractivity contribution in [3.63, 3.8) is 0 Å². The summed E-state index contributed by atoms with van der Waals surface area (Å²) >= 11 is 0. The van der Waals surface area contributed by atoms with Crippen molar-refractivity contribution in [2.24, 2.45) is 0 Å². The van der Waals surface area contributed by atoms with Crippen molar-refractivity contribution in [2.45, 2.75) is 25.7 Å². The topological polar surface area (TPSA) is 90.9 Å². The molecule has 8 nitrogen and oxygen atoms in total. The van der Waals surface area contributed by atoms with Gasteiger partial charge in [-0.1, -0.05) is 0 Å². The molecule has 1 saturated heterocycles. The molecule has 1 atom stereocenters. The van der Waals surface area contributed by atoms with E-state index in [9.17, 15) is 4.79 Å². The molecule has 0 aromatic carbocycles. The van der Waals surface area contributed by atoms with Gasteiger partial charge in [-0.05, 0) is 19.8 Å². The molecule has 2 aromatic heterocycles. The molecule has 0 bridgehead atoms. The number of aryl methyl sites for hydroxylation is 1. The molecule has 0 spiro atoms. The van der Waals surface area contributed by atoms with Gasteiger partial charge in [0, 0.05) is 33.1 Å². The van der Waals surface area contributed by atoms with E-state index >= 15 is 0 Å². The minimum absolute atomic E-state index is 0.141. The maximum Gasteiger partial charge on any atom is 0.273 e. The predicted molar refractivity (Wildman–Crippen MR) is 85.4 cm³/mol. The van der Waals surface area contributed by atoms with Gasteiger partial charge < -0.3 is 9.80 Å². The summed E-state index contributed by atoms with van der Waals surface area (Å²) in [5.41, 5.74) is 0.364. The average molecular weight is 315 g/mol. The number of hydrogen-bond acceptors (Lipinski definition) is 6. The Morgan fingerprint density at radius 3 is 2.87 bits per heavy atom. The molecule has 0 radical (unpaired) electrons. The van der Waals surface area contributed by atoms with Crippen LogP contribution < -0.4 is 4.90 Å². The van der Waals surface area contributed by atoms with Crippen LogP contribution in [0.2, 0.25) is 0 Å². The van der Waals surface area contributed by atoms with Crippen LogP contribution in [0.4, 0.5) is 5.82 Å². The largest absolute Gasteiger partial charge is 0.355 e. The number of aromatic amines is 1. The van der Waals surface area contributed by atoms with Crippen LogP contribution in [0, 0.1) is 6.92 Å². The molecule has 1 fully saturated rings. The van der Waals surface area contributed by atoms with Crippen molar-refractivity contribution in [3.8, 4) is 0 Å². The summed E-state index contributed by atoms with van der Waals surface area (Å²) in [6.45, 7) is 3.58. The molecule has 1 N–H and O–H groups in total. The summed E-state index contributed by atoms with van der Waals surface area (Å²) in [6.07, 6.45) is 5.30. The molecular weight excluding hydrogens is 294 g/mol. The van der Waals surface area contributed by atoms with E-state index in [1.807, 2.05) is 6.92 Å². The zero-order valence-electron chi connectivity index (χ0n) is 13.7. The van der Waals surface area contributed by atoms with Gasteiger partial charge in [-0.25, -0.2) is 9.97 Å². The first-order chi connectivity index (χ1) is 11.0. The highest BCUT2D eigenvalue weighted by molar-refractivity contribution is 5.91. The molecule has 8 heteroatoms. The van der Waals surface area contributed by atoms with E-state index in [4.69, 9.17) is 0 Å². The lowest BCUT2D eigenvalue weighted by Crippen LogP contribution is -2.36. The standard InChI is InChI=1S/C15H21N7O/c1-10-17-14(20-19-10)11-5-4-6-22(9-11)13-8-16-7-12(18-13)15(23)21(2)3/h7-8,11H,4-6,9H2,1-3H3,(H,17,19,20)/t11-/m0/s1. The van der Waals surface area contributed by atoms with E-state index in [0.29, 0.717) is 5.69 Å². The van der Waals surface area contributed by atoms with Gasteiger partial charge in [-0.15, -0.1) is 0 Å². The van der Waals surface area contributed by atoms with Crippen LogP contribution in [0.3, 0.4) is 0 Å². The zero-order chi connectivity index (χ0) is 16.4. The lowest BCUT2D eigenvalue weighted by Gasteiger charge is -2.32. The van der Waals surface area contributed by atoms with Gasteiger partial charge in [0.15, 0.2) is 5.82 Å². The number of amides is 1. The van der Waals surface area contributed by atoms with Crippen LogP contribution in [0.5, 0.6) is 0 Å². The number of carbonyl (C=O) groups is 1. The Kier molecular flexibility index (Phi) is 4.22. The fourth-order valence-electron chi connectivity index (χ4n) is 2.78. The van der Waals surface area contributed by atoms with E-state index < -0.39 is 0 Å². The number of H-pyrrole nitrogens is 1. The van der Waals surface area contributed by atoms with Gasteiger partial charge in [-0.3, -0.25) is 14.9 Å². The Balaban J connectivity index is 1.78. The number of aromatic nitrogens is 5. The second kappa shape index (κ2) is 6.31. The number of piperidine rings is 1. The smallest absolute Gasteiger partial charge is 0.273 e. The van der Waals surface area contributed by atoms with Crippen LogP contribution in [0.25, 0.3) is 0 Å². The number of carbonyl (C=O) groups excluding carboxylic acids is 1. The number of anilines is 1. The van der Waals surface area contributed by atoms with E-state index in [1.54, 1.807) is 20.3 Å².